The second-order valence-electron chi connectivity index (χ2n) is 8.09. The maximum absolute atomic E-state index is 13.2. The minimum absolute atomic E-state index is 0.0370. The first-order chi connectivity index (χ1) is 14.2. The summed E-state index contributed by atoms with van der Waals surface area (Å²) in [4.78, 5) is 34.1. The Morgan fingerprint density at radius 1 is 0.966 bits per heavy atom. The average molecular weight is 388 g/mol. The van der Waals surface area contributed by atoms with Crippen LogP contribution in [0.15, 0.2) is 61.1 Å². The van der Waals surface area contributed by atoms with E-state index in [9.17, 15) is 9.59 Å². The van der Waals surface area contributed by atoms with Crippen LogP contribution in [-0.4, -0.2) is 56.8 Å². The number of piperidine rings is 1. The van der Waals surface area contributed by atoms with E-state index in [2.05, 4.69) is 11.1 Å². The van der Waals surface area contributed by atoms with Gasteiger partial charge in [0, 0.05) is 55.3 Å². The molecule has 0 spiro atoms. The van der Waals surface area contributed by atoms with Gasteiger partial charge in [0.25, 0.3) is 5.91 Å². The highest BCUT2D eigenvalue weighted by Gasteiger charge is 2.38. The first-order valence-corrected chi connectivity index (χ1v) is 10.2. The Balaban J connectivity index is 1.33. The van der Waals surface area contributed by atoms with Crippen LogP contribution in [0.5, 0.6) is 0 Å². The maximum Gasteiger partial charge on any atom is 0.254 e. The lowest BCUT2D eigenvalue weighted by atomic mass is 9.95. The van der Waals surface area contributed by atoms with E-state index in [0.29, 0.717) is 31.1 Å². The molecule has 0 N–H and O–H groups in total. The van der Waals surface area contributed by atoms with Crippen molar-refractivity contribution in [1.29, 1.82) is 0 Å². The summed E-state index contributed by atoms with van der Waals surface area (Å²) < 4.78 is 2.02. The van der Waals surface area contributed by atoms with Crippen molar-refractivity contribution in [3.8, 4) is 0 Å². The van der Waals surface area contributed by atoms with E-state index in [4.69, 9.17) is 0 Å². The minimum atomic E-state index is 0.0370. The summed E-state index contributed by atoms with van der Waals surface area (Å²) in [6.45, 7) is 2.40. The van der Waals surface area contributed by atoms with Gasteiger partial charge in [0.15, 0.2) is 0 Å². The minimum Gasteiger partial charge on any atom is -0.338 e. The second-order valence-corrected chi connectivity index (χ2v) is 8.09. The fraction of sp³-hybridized carbons (Fsp3) is 0.348. The Bertz CT molecular complexity index is 1050. The zero-order valence-electron chi connectivity index (χ0n) is 16.3. The summed E-state index contributed by atoms with van der Waals surface area (Å²) in [6, 6.07) is 13.8. The van der Waals surface area contributed by atoms with Crippen LogP contribution in [0.25, 0.3) is 10.9 Å². The van der Waals surface area contributed by atoms with E-state index in [-0.39, 0.29) is 17.9 Å². The predicted molar refractivity (Wildman–Crippen MR) is 110 cm³/mol. The Morgan fingerprint density at radius 3 is 2.66 bits per heavy atom. The number of hydrogen-bond acceptors (Lipinski definition) is 3. The zero-order valence-corrected chi connectivity index (χ0v) is 16.3. The number of nitrogens with zero attached hydrogens (tertiary/aromatic N) is 4. The van der Waals surface area contributed by atoms with Crippen molar-refractivity contribution in [1.82, 2.24) is 19.4 Å². The summed E-state index contributed by atoms with van der Waals surface area (Å²) in [6.07, 6.45) is 7.32. The molecule has 0 radical (unpaired) electrons. The summed E-state index contributed by atoms with van der Waals surface area (Å²) in [7, 11) is 0. The molecule has 2 atom stereocenters. The molecule has 3 aromatic rings. The number of carbonyl (C=O) groups excluding carboxylic acids is 2. The first-order valence-electron chi connectivity index (χ1n) is 10.2. The fourth-order valence-electron chi connectivity index (χ4n) is 4.75. The van der Waals surface area contributed by atoms with E-state index < -0.39 is 0 Å². The van der Waals surface area contributed by atoms with Crippen molar-refractivity contribution in [3.63, 3.8) is 0 Å². The van der Waals surface area contributed by atoms with Crippen molar-refractivity contribution >= 4 is 22.7 Å². The van der Waals surface area contributed by atoms with E-state index in [1.165, 1.54) is 0 Å². The molecule has 2 bridgehead atoms. The number of fused-ring (bicyclic) bond motifs is 5. The number of para-hydroxylation sites is 1. The smallest absolute Gasteiger partial charge is 0.254 e. The lowest BCUT2D eigenvalue weighted by molar-refractivity contribution is -0.135. The van der Waals surface area contributed by atoms with Crippen LogP contribution in [0, 0.1) is 5.92 Å². The monoisotopic (exact) mass is 388 g/mol. The number of rotatable bonds is 3. The number of benzene rings is 1. The van der Waals surface area contributed by atoms with Gasteiger partial charge in [-0.25, -0.2) is 0 Å². The number of carbonyl (C=O) groups is 2. The molecule has 3 aliphatic rings. The molecular weight excluding hydrogens is 364 g/mol. The molecule has 3 fully saturated rings. The van der Waals surface area contributed by atoms with Crippen LogP contribution in [0.4, 0.5) is 0 Å². The normalized spacial score (nSPS) is 21.4. The summed E-state index contributed by atoms with van der Waals surface area (Å²) >= 11 is 0. The first kappa shape index (κ1) is 17.9. The van der Waals surface area contributed by atoms with Crippen molar-refractivity contribution in [2.24, 2.45) is 5.92 Å². The largest absolute Gasteiger partial charge is 0.338 e. The molecule has 0 aliphatic carbocycles. The van der Waals surface area contributed by atoms with Gasteiger partial charge < -0.3 is 14.4 Å². The molecule has 2 amide bonds. The number of amides is 2. The third kappa shape index (κ3) is 3.39. The van der Waals surface area contributed by atoms with Gasteiger partial charge in [-0.3, -0.25) is 14.6 Å². The molecule has 6 heteroatoms. The van der Waals surface area contributed by atoms with Gasteiger partial charge in [-0.2, -0.15) is 0 Å². The Hall–Kier alpha value is -3.15. The van der Waals surface area contributed by atoms with Crippen molar-refractivity contribution in [3.05, 3.63) is 66.6 Å². The van der Waals surface area contributed by atoms with Crippen LogP contribution in [0.2, 0.25) is 0 Å². The Kier molecular flexibility index (Phi) is 4.54. The van der Waals surface area contributed by atoms with Gasteiger partial charge >= 0.3 is 0 Å². The second kappa shape index (κ2) is 7.35. The lowest BCUT2D eigenvalue weighted by Crippen LogP contribution is -2.48. The molecule has 3 saturated heterocycles. The van der Waals surface area contributed by atoms with E-state index >= 15 is 0 Å². The standard InChI is InChI=1S/C23H24N4O2/c28-22(16-25-12-9-18-3-1-2-4-21(18)25)27-14-17-5-6-20(27)15-26(13-17)23(29)19-7-10-24-11-8-19/h1-4,7-12,17,20H,5-6,13-16H2/t17-,20+/m0/s1. The number of pyridine rings is 1. The van der Waals surface area contributed by atoms with Crippen LogP contribution >= 0.6 is 0 Å². The summed E-state index contributed by atoms with van der Waals surface area (Å²) in [5.41, 5.74) is 1.74. The molecule has 2 aromatic heterocycles. The van der Waals surface area contributed by atoms with Gasteiger partial charge in [-0.1, -0.05) is 18.2 Å². The van der Waals surface area contributed by atoms with E-state index in [0.717, 1.165) is 30.3 Å². The fourth-order valence-corrected chi connectivity index (χ4v) is 4.75. The third-order valence-corrected chi connectivity index (χ3v) is 6.23. The van der Waals surface area contributed by atoms with Gasteiger partial charge in [0.1, 0.15) is 6.54 Å². The van der Waals surface area contributed by atoms with E-state index in [1.54, 1.807) is 24.5 Å². The van der Waals surface area contributed by atoms with Gasteiger partial charge in [0.2, 0.25) is 5.91 Å². The molecular formula is C23H24N4O2. The summed E-state index contributed by atoms with van der Waals surface area (Å²) in [5, 5.41) is 1.15. The lowest BCUT2D eigenvalue weighted by Gasteiger charge is -2.36. The molecule has 6 rings (SSSR count). The maximum atomic E-state index is 13.2. The quantitative estimate of drug-likeness (QED) is 0.693. The molecule has 1 aromatic carbocycles. The van der Waals surface area contributed by atoms with Gasteiger partial charge in [-0.05, 0) is 48.4 Å². The highest BCUT2D eigenvalue weighted by molar-refractivity contribution is 5.94. The van der Waals surface area contributed by atoms with Crippen molar-refractivity contribution in [2.45, 2.75) is 25.4 Å². The Labute approximate surface area is 169 Å². The number of aromatic nitrogens is 2. The molecule has 5 heterocycles. The Morgan fingerprint density at radius 2 is 1.79 bits per heavy atom. The highest BCUT2D eigenvalue weighted by Crippen LogP contribution is 2.29. The SMILES string of the molecule is O=C(c1ccncc1)N1C[C@@H]2CC[C@H](C1)N(C(=O)Cn1ccc3ccccc31)C2. The van der Waals surface area contributed by atoms with Gasteiger partial charge in [-0.15, -0.1) is 0 Å². The highest BCUT2D eigenvalue weighted by atomic mass is 16.2. The predicted octanol–water partition coefficient (Wildman–Crippen LogP) is 2.80. The molecule has 3 aliphatic heterocycles. The van der Waals surface area contributed by atoms with Crippen LogP contribution in [-0.2, 0) is 11.3 Å². The van der Waals surface area contributed by atoms with E-state index in [1.807, 2.05) is 44.8 Å². The molecule has 0 unspecified atom stereocenters. The van der Waals surface area contributed by atoms with Crippen LogP contribution < -0.4 is 0 Å². The van der Waals surface area contributed by atoms with Gasteiger partial charge in [0.05, 0.1) is 0 Å². The zero-order chi connectivity index (χ0) is 19.8. The topological polar surface area (TPSA) is 58.4 Å². The van der Waals surface area contributed by atoms with Crippen LogP contribution in [0.1, 0.15) is 23.2 Å². The average Bonchev–Trinajstić information content (AvgIpc) is 2.94. The van der Waals surface area contributed by atoms with Crippen LogP contribution in [0.3, 0.4) is 0 Å². The van der Waals surface area contributed by atoms with Crippen molar-refractivity contribution in [2.75, 3.05) is 19.6 Å². The molecule has 6 nitrogen and oxygen atoms in total. The van der Waals surface area contributed by atoms with Crippen molar-refractivity contribution < 1.29 is 9.59 Å². The molecule has 148 valence electrons. The molecule has 0 saturated carbocycles. The third-order valence-electron chi connectivity index (χ3n) is 6.23. The number of hydrogen-bond donors (Lipinski definition) is 0. The summed E-state index contributed by atoms with van der Waals surface area (Å²) in [5.74, 6) is 0.513. The molecule has 29 heavy (non-hydrogen) atoms.